The van der Waals surface area contributed by atoms with Crippen LogP contribution in [0.1, 0.15) is 32.1 Å². The molecular weight excluding hydrogens is 234 g/mol. The lowest BCUT2D eigenvalue weighted by Crippen LogP contribution is -2.47. The highest BCUT2D eigenvalue weighted by molar-refractivity contribution is 7.90. The average molecular weight is 251 g/mol. The van der Waals surface area contributed by atoms with Gasteiger partial charge in [0.15, 0.2) is 0 Å². The Morgan fingerprint density at radius 1 is 1.31 bits per heavy atom. The molecule has 0 aromatic heterocycles. The second-order valence-corrected chi connectivity index (χ2v) is 5.99. The molecule has 1 fully saturated rings. The predicted octanol–water partition coefficient (Wildman–Crippen LogP) is -0.316. The molecule has 0 aromatic carbocycles. The van der Waals surface area contributed by atoms with Crippen molar-refractivity contribution in [1.29, 1.82) is 0 Å². The Morgan fingerprint density at radius 3 is 2.31 bits per heavy atom. The molecule has 1 saturated carbocycles. The Morgan fingerprint density at radius 2 is 1.88 bits per heavy atom. The first-order valence-electron chi connectivity index (χ1n) is 5.32. The van der Waals surface area contributed by atoms with Crippen molar-refractivity contribution in [2.24, 2.45) is 0 Å². The van der Waals surface area contributed by atoms with E-state index in [1.807, 2.05) is 4.72 Å². The smallest absolute Gasteiger partial charge is 0.324 e. The SMILES string of the molecule is O=C(O)[C@H](CO)NS(=O)(=O)C1CCCCC1. The van der Waals surface area contributed by atoms with E-state index in [1.165, 1.54) is 0 Å². The van der Waals surface area contributed by atoms with Gasteiger partial charge in [0.1, 0.15) is 6.04 Å². The number of aliphatic carboxylic acids is 1. The zero-order chi connectivity index (χ0) is 12.2. The summed E-state index contributed by atoms with van der Waals surface area (Å²) in [5.74, 6) is -1.36. The average Bonchev–Trinajstić information content (AvgIpc) is 2.27. The second-order valence-electron chi connectivity index (χ2n) is 4.00. The van der Waals surface area contributed by atoms with Crippen LogP contribution in [-0.2, 0) is 14.8 Å². The molecule has 0 spiro atoms. The van der Waals surface area contributed by atoms with Gasteiger partial charge in [-0.1, -0.05) is 19.3 Å². The number of carbonyl (C=O) groups is 1. The van der Waals surface area contributed by atoms with Crippen molar-refractivity contribution in [3.63, 3.8) is 0 Å². The molecule has 16 heavy (non-hydrogen) atoms. The maximum absolute atomic E-state index is 11.8. The number of nitrogens with one attached hydrogen (secondary N) is 1. The molecule has 0 radical (unpaired) electrons. The van der Waals surface area contributed by atoms with Crippen LogP contribution >= 0.6 is 0 Å². The molecule has 3 N–H and O–H groups in total. The molecule has 1 aliphatic carbocycles. The normalized spacial score (nSPS) is 20.6. The lowest BCUT2D eigenvalue weighted by atomic mass is 10.0. The molecule has 1 aliphatic rings. The fourth-order valence-corrected chi connectivity index (χ4v) is 3.55. The summed E-state index contributed by atoms with van der Waals surface area (Å²) in [5.41, 5.74) is 0. The summed E-state index contributed by atoms with van der Waals surface area (Å²) in [6, 6.07) is -1.44. The van der Waals surface area contributed by atoms with Crippen LogP contribution < -0.4 is 4.72 Å². The summed E-state index contributed by atoms with van der Waals surface area (Å²) in [6.45, 7) is -0.735. The van der Waals surface area contributed by atoms with E-state index in [9.17, 15) is 13.2 Å². The minimum atomic E-state index is -3.63. The number of aliphatic hydroxyl groups is 1. The summed E-state index contributed by atoms with van der Waals surface area (Å²) in [5, 5.41) is 16.9. The molecule has 6 nitrogen and oxygen atoms in total. The van der Waals surface area contributed by atoms with Crippen molar-refractivity contribution >= 4 is 16.0 Å². The first-order chi connectivity index (χ1) is 7.47. The zero-order valence-corrected chi connectivity index (χ0v) is 9.74. The molecule has 0 bridgehead atoms. The van der Waals surface area contributed by atoms with Gasteiger partial charge in [-0.2, -0.15) is 4.72 Å². The summed E-state index contributed by atoms with van der Waals surface area (Å²) in [6.07, 6.45) is 3.85. The van der Waals surface area contributed by atoms with Crippen LogP contribution in [0.25, 0.3) is 0 Å². The zero-order valence-electron chi connectivity index (χ0n) is 8.92. The van der Waals surface area contributed by atoms with E-state index in [1.54, 1.807) is 0 Å². The summed E-state index contributed by atoms with van der Waals surface area (Å²) >= 11 is 0. The molecule has 1 atom stereocenters. The molecule has 0 aromatic rings. The van der Waals surface area contributed by atoms with Crippen molar-refractivity contribution in [3.05, 3.63) is 0 Å². The van der Waals surface area contributed by atoms with Crippen LogP contribution in [0.15, 0.2) is 0 Å². The Labute approximate surface area is 94.7 Å². The molecule has 0 saturated heterocycles. The standard InChI is InChI=1S/C9H17NO5S/c11-6-8(9(12)13)10-16(14,15)7-4-2-1-3-5-7/h7-8,10-11H,1-6H2,(H,12,13)/t8-/m0/s1. The van der Waals surface area contributed by atoms with Crippen LogP contribution in [0, 0.1) is 0 Å². The monoisotopic (exact) mass is 251 g/mol. The number of hydrogen-bond acceptors (Lipinski definition) is 4. The van der Waals surface area contributed by atoms with E-state index in [-0.39, 0.29) is 0 Å². The van der Waals surface area contributed by atoms with E-state index in [0.29, 0.717) is 12.8 Å². The van der Waals surface area contributed by atoms with Gasteiger partial charge in [-0.3, -0.25) is 4.79 Å². The predicted molar refractivity (Wildman–Crippen MR) is 57.4 cm³/mol. The first-order valence-corrected chi connectivity index (χ1v) is 6.87. The Bertz CT molecular complexity index is 334. The van der Waals surface area contributed by atoms with Crippen LogP contribution in [-0.4, -0.2) is 42.5 Å². The quantitative estimate of drug-likeness (QED) is 0.621. The van der Waals surface area contributed by atoms with Gasteiger partial charge < -0.3 is 10.2 Å². The molecule has 0 heterocycles. The summed E-state index contributed by atoms with van der Waals surface area (Å²) in [7, 11) is -3.63. The van der Waals surface area contributed by atoms with Crippen molar-refractivity contribution in [2.75, 3.05) is 6.61 Å². The number of sulfonamides is 1. The maximum Gasteiger partial charge on any atom is 0.324 e. The molecule has 0 amide bonds. The third kappa shape index (κ3) is 3.43. The topological polar surface area (TPSA) is 104 Å². The molecule has 0 unspecified atom stereocenters. The lowest BCUT2D eigenvalue weighted by molar-refractivity contribution is -0.139. The van der Waals surface area contributed by atoms with E-state index in [2.05, 4.69) is 0 Å². The third-order valence-electron chi connectivity index (χ3n) is 2.78. The van der Waals surface area contributed by atoms with Crippen molar-refractivity contribution in [3.8, 4) is 0 Å². The van der Waals surface area contributed by atoms with Crippen molar-refractivity contribution < 1.29 is 23.4 Å². The van der Waals surface area contributed by atoms with Crippen molar-refractivity contribution in [2.45, 2.75) is 43.4 Å². The fourth-order valence-electron chi connectivity index (χ4n) is 1.84. The molecule has 94 valence electrons. The van der Waals surface area contributed by atoms with Crippen LogP contribution in [0.2, 0.25) is 0 Å². The Kier molecular flexibility index (Phi) is 4.69. The summed E-state index contributed by atoms with van der Waals surface area (Å²) < 4.78 is 25.6. The molecular formula is C9H17NO5S. The van der Waals surface area contributed by atoms with Crippen LogP contribution in [0.3, 0.4) is 0 Å². The van der Waals surface area contributed by atoms with Gasteiger partial charge in [0.05, 0.1) is 11.9 Å². The third-order valence-corrected chi connectivity index (χ3v) is 4.74. The van der Waals surface area contributed by atoms with Gasteiger partial charge in [0.25, 0.3) is 0 Å². The molecule has 7 heteroatoms. The minimum Gasteiger partial charge on any atom is -0.480 e. The highest BCUT2D eigenvalue weighted by atomic mass is 32.2. The maximum atomic E-state index is 11.8. The number of hydrogen-bond donors (Lipinski definition) is 3. The fraction of sp³-hybridized carbons (Fsp3) is 0.889. The number of aliphatic hydroxyl groups excluding tert-OH is 1. The first kappa shape index (κ1) is 13.4. The van der Waals surface area contributed by atoms with Gasteiger partial charge in [-0.25, -0.2) is 8.42 Å². The highest BCUT2D eigenvalue weighted by Gasteiger charge is 2.31. The summed E-state index contributed by atoms with van der Waals surface area (Å²) in [4.78, 5) is 10.6. The molecule has 0 aliphatic heterocycles. The lowest BCUT2D eigenvalue weighted by Gasteiger charge is -2.23. The van der Waals surface area contributed by atoms with E-state index in [4.69, 9.17) is 10.2 Å². The van der Waals surface area contributed by atoms with Gasteiger partial charge in [0.2, 0.25) is 10.0 Å². The van der Waals surface area contributed by atoms with Crippen LogP contribution in [0.5, 0.6) is 0 Å². The number of carboxylic acid groups (broad SMARTS) is 1. The molecule has 1 rings (SSSR count). The number of rotatable bonds is 5. The van der Waals surface area contributed by atoms with Gasteiger partial charge >= 0.3 is 5.97 Å². The Balaban J connectivity index is 2.65. The van der Waals surface area contributed by atoms with Gasteiger partial charge in [0, 0.05) is 0 Å². The van der Waals surface area contributed by atoms with Gasteiger partial charge in [-0.05, 0) is 12.8 Å². The number of carboxylic acids is 1. The van der Waals surface area contributed by atoms with E-state index < -0.39 is 33.9 Å². The van der Waals surface area contributed by atoms with Crippen LogP contribution in [0.4, 0.5) is 0 Å². The largest absolute Gasteiger partial charge is 0.480 e. The Hall–Kier alpha value is -0.660. The van der Waals surface area contributed by atoms with E-state index >= 15 is 0 Å². The van der Waals surface area contributed by atoms with Gasteiger partial charge in [-0.15, -0.1) is 0 Å². The van der Waals surface area contributed by atoms with E-state index in [0.717, 1.165) is 19.3 Å². The highest BCUT2D eigenvalue weighted by Crippen LogP contribution is 2.23. The minimum absolute atomic E-state index is 0.519. The van der Waals surface area contributed by atoms with Crippen molar-refractivity contribution in [1.82, 2.24) is 4.72 Å². The second kappa shape index (κ2) is 5.60.